The number of hydrogen-bond donors (Lipinski definition) is 2. The summed E-state index contributed by atoms with van der Waals surface area (Å²) in [6.45, 7) is 4.04. The molecule has 128 valence electrons. The van der Waals surface area contributed by atoms with Gasteiger partial charge in [-0.3, -0.25) is 10.2 Å². The number of piperazine rings is 1. The molecule has 0 saturated carbocycles. The Morgan fingerprint density at radius 1 is 1.16 bits per heavy atom. The van der Waals surface area contributed by atoms with Crippen LogP contribution in [0.5, 0.6) is 0 Å². The number of carbonyl (C=O) groups is 1. The molecule has 3 heterocycles. The van der Waals surface area contributed by atoms with Crippen molar-refractivity contribution >= 4 is 22.8 Å². The van der Waals surface area contributed by atoms with E-state index in [-0.39, 0.29) is 6.03 Å². The number of urea groups is 1. The zero-order chi connectivity index (χ0) is 17.1. The lowest BCUT2D eigenvalue weighted by molar-refractivity contribution is 0.143. The summed E-state index contributed by atoms with van der Waals surface area (Å²) in [6.07, 6.45) is 3.54. The molecule has 0 spiro atoms. The van der Waals surface area contributed by atoms with Crippen LogP contribution in [-0.2, 0) is 6.54 Å². The second-order valence-electron chi connectivity index (χ2n) is 6.20. The highest BCUT2D eigenvalue weighted by Gasteiger charge is 2.21. The van der Waals surface area contributed by atoms with Gasteiger partial charge in [-0.15, -0.1) is 5.10 Å². The van der Waals surface area contributed by atoms with Crippen LogP contribution < -0.4 is 5.32 Å². The van der Waals surface area contributed by atoms with Crippen LogP contribution in [0.4, 0.5) is 10.6 Å². The molecule has 2 N–H and O–H groups in total. The summed E-state index contributed by atoms with van der Waals surface area (Å²) in [6, 6.07) is 12.0. The van der Waals surface area contributed by atoms with Crippen molar-refractivity contribution in [3.8, 4) is 0 Å². The summed E-state index contributed by atoms with van der Waals surface area (Å²) < 4.78 is 0. The van der Waals surface area contributed by atoms with Gasteiger partial charge in [-0.2, -0.15) is 5.10 Å². The molecule has 3 aromatic rings. The van der Waals surface area contributed by atoms with Crippen LogP contribution >= 0.6 is 0 Å². The van der Waals surface area contributed by atoms with Crippen LogP contribution in [0, 0.1) is 0 Å². The Hall–Kier alpha value is -2.93. The number of aromatic amines is 1. The summed E-state index contributed by atoms with van der Waals surface area (Å²) in [5, 5.41) is 11.7. The van der Waals surface area contributed by atoms with Gasteiger partial charge in [0.05, 0.1) is 0 Å². The highest BCUT2D eigenvalue weighted by Crippen LogP contribution is 2.16. The molecular weight excluding hydrogens is 316 g/mol. The average molecular weight is 336 g/mol. The summed E-state index contributed by atoms with van der Waals surface area (Å²) in [4.78, 5) is 19.7. The van der Waals surface area contributed by atoms with E-state index >= 15 is 0 Å². The Balaban J connectivity index is 1.31. The number of H-pyrrole nitrogens is 1. The van der Waals surface area contributed by atoms with E-state index in [0.29, 0.717) is 18.9 Å². The molecular formula is C18H20N6O. The van der Waals surface area contributed by atoms with Crippen molar-refractivity contribution in [3.63, 3.8) is 0 Å². The fourth-order valence-corrected chi connectivity index (χ4v) is 3.13. The van der Waals surface area contributed by atoms with Gasteiger partial charge in [0.25, 0.3) is 0 Å². The van der Waals surface area contributed by atoms with Crippen molar-refractivity contribution in [2.24, 2.45) is 0 Å². The number of nitrogens with zero attached hydrogens (tertiary/aromatic N) is 4. The number of nitrogens with one attached hydrogen (secondary N) is 2. The molecule has 1 fully saturated rings. The first kappa shape index (κ1) is 15.6. The number of fused-ring (bicyclic) bond motifs is 1. The molecule has 2 aromatic heterocycles. The Kier molecular flexibility index (Phi) is 4.30. The topological polar surface area (TPSA) is 77.2 Å². The summed E-state index contributed by atoms with van der Waals surface area (Å²) in [7, 11) is 0. The minimum atomic E-state index is -0.117. The van der Waals surface area contributed by atoms with Gasteiger partial charge in [0.2, 0.25) is 0 Å². The van der Waals surface area contributed by atoms with Gasteiger partial charge < -0.3 is 9.88 Å². The van der Waals surface area contributed by atoms with E-state index in [0.717, 1.165) is 25.2 Å². The maximum absolute atomic E-state index is 12.3. The molecule has 25 heavy (non-hydrogen) atoms. The van der Waals surface area contributed by atoms with E-state index in [1.54, 1.807) is 18.3 Å². The summed E-state index contributed by atoms with van der Waals surface area (Å²) in [5.41, 5.74) is 2.46. The van der Waals surface area contributed by atoms with Crippen LogP contribution in [-0.4, -0.2) is 57.2 Å². The van der Waals surface area contributed by atoms with Gasteiger partial charge >= 0.3 is 6.03 Å². The van der Waals surface area contributed by atoms with Gasteiger partial charge in [0, 0.05) is 50.6 Å². The van der Waals surface area contributed by atoms with E-state index in [1.165, 1.54) is 10.9 Å². The van der Waals surface area contributed by atoms with E-state index in [9.17, 15) is 4.79 Å². The van der Waals surface area contributed by atoms with Crippen molar-refractivity contribution in [2.75, 3.05) is 31.5 Å². The van der Waals surface area contributed by atoms with Crippen LogP contribution in [0.15, 0.2) is 48.8 Å². The van der Waals surface area contributed by atoms with Gasteiger partial charge in [-0.25, -0.2) is 4.79 Å². The molecule has 0 aliphatic carbocycles. The average Bonchev–Trinajstić information content (AvgIpc) is 3.11. The van der Waals surface area contributed by atoms with Crippen molar-refractivity contribution < 1.29 is 4.79 Å². The lowest BCUT2D eigenvalue weighted by Crippen LogP contribution is -2.49. The van der Waals surface area contributed by atoms with Gasteiger partial charge in [-0.1, -0.05) is 6.07 Å². The third-order valence-corrected chi connectivity index (χ3v) is 4.49. The van der Waals surface area contributed by atoms with E-state index in [2.05, 4.69) is 49.7 Å². The van der Waals surface area contributed by atoms with Crippen LogP contribution in [0.25, 0.3) is 10.9 Å². The van der Waals surface area contributed by atoms with E-state index in [1.807, 2.05) is 11.1 Å². The monoisotopic (exact) mass is 336 g/mol. The SMILES string of the molecule is O=C(Nc1cccnn1)N1CCN(Cc2ccc3[nH]ccc3c2)CC1. The second-order valence-corrected chi connectivity index (χ2v) is 6.20. The maximum atomic E-state index is 12.3. The zero-order valence-corrected chi connectivity index (χ0v) is 13.9. The molecule has 1 aliphatic heterocycles. The predicted molar refractivity (Wildman–Crippen MR) is 96.2 cm³/mol. The Labute approximate surface area is 145 Å². The number of rotatable bonds is 3. The fraction of sp³-hybridized carbons (Fsp3) is 0.278. The molecule has 1 saturated heterocycles. The molecule has 0 bridgehead atoms. The normalized spacial score (nSPS) is 15.4. The number of anilines is 1. The Morgan fingerprint density at radius 2 is 2.04 bits per heavy atom. The fourth-order valence-electron chi connectivity index (χ4n) is 3.13. The first-order chi connectivity index (χ1) is 12.3. The third kappa shape index (κ3) is 3.61. The number of amides is 2. The van der Waals surface area contributed by atoms with Crippen LogP contribution in [0.1, 0.15) is 5.56 Å². The summed E-state index contributed by atoms with van der Waals surface area (Å²) >= 11 is 0. The summed E-state index contributed by atoms with van der Waals surface area (Å²) in [5.74, 6) is 0.481. The van der Waals surface area contributed by atoms with Crippen molar-refractivity contribution in [2.45, 2.75) is 6.54 Å². The second kappa shape index (κ2) is 6.90. The predicted octanol–water partition coefficient (Wildman–Crippen LogP) is 2.31. The van der Waals surface area contributed by atoms with Crippen LogP contribution in [0.3, 0.4) is 0 Å². The first-order valence-electron chi connectivity index (χ1n) is 8.40. The minimum Gasteiger partial charge on any atom is -0.361 e. The molecule has 0 atom stereocenters. The van der Waals surface area contributed by atoms with Gasteiger partial charge in [-0.05, 0) is 41.3 Å². The number of benzene rings is 1. The molecule has 0 radical (unpaired) electrons. The van der Waals surface area contributed by atoms with E-state index in [4.69, 9.17) is 0 Å². The standard InChI is InChI=1S/C18H20N6O/c25-18(21-17-2-1-6-20-22-17)24-10-8-23(9-11-24)13-14-3-4-16-15(12-14)5-7-19-16/h1-7,12,19H,8-11,13H2,(H,21,22,25). The molecule has 4 rings (SSSR count). The number of carbonyl (C=O) groups excluding carboxylic acids is 1. The third-order valence-electron chi connectivity index (χ3n) is 4.49. The molecule has 1 aliphatic rings. The largest absolute Gasteiger partial charge is 0.361 e. The molecule has 0 unspecified atom stereocenters. The number of aromatic nitrogens is 3. The Morgan fingerprint density at radius 3 is 2.84 bits per heavy atom. The van der Waals surface area contributed by atoms with E-state index < -0.39 is 0 Å². The highest BCUT2D eigenvalue weighted by atomic mass is 16.2. The van der Waals surface area contributed by atoms with Gasteiger partial charge in [0.1, 0.15) is 0 Å². The molecule has 2 amide bonds. The first-order valence-corrected chi connectivity index (χ1v) is 8.40. The Bertz CT molecular complexity index is 854. The van der Waals surface area contributed by atoms with Gasteiger partial charge in [0.15, 0.2) is 5.82 Å². The van der Waals surface area contributed by atoms with Crippen molar-refractivity contribution in [3.05, 3.63) is 54.4 Å². The zero-order valence-electron chi connectivity index (χ0n) is 13.9. The number of hydrogen-bond acceptors (Lipinski definition) is 4. The van der Waals surface area contributed by atoms with Crippen LogP contribution in [0.2, 0.25) is 0 Å². The minimum absolute atomic E-state index is 0.117. The van der Waals surface area contributed by atoms with Crippen molar-refractivity contribution in [1.29, 1.82) is 0 Å². The molecule has 7 nitrogen and oxygen atoms in total. The lowest BCUT2D eigenvalue weighted by Gasteiger charge is -2.34. The van der Waals surface area contributed by atoms with Crippen molar-refractivity contribution in [1.82, 2.24) is 25.0 Å². The quantitative estimate of drug-likeness (QED) is 0.769. The molecule has 1 aromatic carbocycles. The molecule has 7 heteroatoms. The smallest absolute Gasteiger partial charge is 0.323 e. The maximum Gasteiger partial charge on any atom is 0.323 e. The lowest BCUT2D eigenvalue weighted by atomic mass is 10.1. The highest BCUT2D eigenvalue weighted by molar-refractivity contribution is 5.88.